The number of nitrogens with zero attached hydrogens (tertiary/aromatic N) is 3. The Labute approximate surface area is 254 Å². The maximum atomic E-state index is 12.4. The normalized spacial score (nSPS) is 11.2. The van der Waals surface area contributed by atoms with Crippen LogP contribution in [0.15, 0.2) is 93.6 Å². The Bertz CT molecular complexity index is 1700. The number of carbonyl (C=O) groups is 1. The number of thioether (sulfide) groups is 1. The third-order valence-corrected chi connectivity index (χ3v) is 7.24. The number of hydrogen-bond acceptors (Lipinski definition) is 8. The first-order chi connectivity index (χ1) is 19.9. The number of carbonyl (C=O) groups excluding carboxylic acids is 1. The first kappa shape index (κ1) is 28.8. The van der Waals surface area contributed by atoms with Gasteiger partial charge in [0.1, 0.15) is 18.1 Å². The van der Waals surface area contributed by atoms with Crippen molar-refractivity contribution in [2.24, 2.45) is 5.10 Å². The first-order valence-corrected chi connectivity index (χ1v) is 14.3. The molecule has 5 rings (SSSR count). The second kappa shape index (κ2) is 13.7. The van der Waals surface area contributed by atoms with E-state index in [1.165, 1.54) is 0 Å². The summed E-state index contributed by atoms with van der Waals surface area (Å²) in [5, 5.41) is 15.7. The molecule has 1 heterocycles. The van der Waals surface area contributed by atoms with Crippen LogP contribution in [-0.2, 0) is 18.0 Å². The van der Waals surface area contributed by atoms with Gasteiger partial charge in [-0.1, -0.05) is 89.0 Å². The van der Waals surface area contributed by atoms with Crippen LogP contribution in [0.5, 0.6) is 11.5 Å². The van der Waals surface area contributed by atoms with E-state index in [0.717, 1.165) is 33.7 Å². The number of rotatable bonds is 11. The van der Waals surface area contributed by atoms with Crippen molar-refractivity contribution in [1.29, 1.82) is 0 Å². The Morgan fingerprint density at radius 3 is 2.49 bits per heavy atom. The van der Waals surface area contributed by atoms with Gasteiger partial charge in [0.2, 0.25) is 0 Å². The Morgan fingerprint density at radius 1 is 0.902 bits per heavy atom. The smallest absolute Gasteiger partial charge is 0.277 e. The van der Waals surface area contributed by atoms with Gasteiger partial charge in [0, 0.05) is 15.6 Å². The third kappa shape index (κ3) is 7.92. The van der Waals surface area contributed by atoms with E-state index in [4.69, 9.17) is 48.7 Å². The summed E-state index contributed by atoms with van der Waals surface area (Å²) in [6.45, 7) is 0.363. The standard InChI is InChI=1S/C29H21Cl3N4O4S/c30-20-8-5-18(6-9-20)15-38-25-11-7-19-3-1-2-4-22(19)23(25)14-33-34-27(37)17-41-29-36-35-28(40-29)16-39-26-12-10-21(31)13-24(26)32/h1-14H,15-17H2,(H,34,37)/b33-14-. The molecule has 0 bridgehead atoms. The lowest BCUT2D eigenvalue weighted by Crippen LogP contribution is -2.19. The van der Waals surface area contributed by atoms with Crippen LogP contribution in [-0.4, -0.2) is 28.1 Å². The van der Waals surface area contributed by atoms with Crippen LogP contribution < -0.4 is 14.9 Å². The van der Waals surface area contributed by atoms with E-state index in [0.29, 0.717) is 33.2 Å². The number of aromatic nitrogens is 2. The fourth-order valence-electron chi connectivity index (χ4n) is 3.69. The maximum Gasteiger partial charge on any atom is 0.277 e. The zero-order valence-electron chi connectivity index (χ0n) is 21.2. The fraction of sp³-hybridized carbons (Fsp3) is 0.103. The van der Waals surface area contributed by atoms with Gasteiger partial charge in [-0.05, 0) is 52.7 Å². The minimum Gasteiger partial charge on any atom is -0.488 e. The molecule has 0 aliphatic rings. The minimum atomic E-state index is -0.348. The molecule has 41 heavy (non-hydrogen) atoms. The van der Waals surface area contributed by atoms with Crippen LogP contribution >= 0.6 is 46.6 Å². The largest absolute Gasteiger partial charge is 0.488 e. The topological polar surface area (TPSA) is 98.8 Å². The predicted molar refractivity (Wildman–Crippen MR) is 161 cm³/mol. The lowest BCUT2D eigenvalue weighted by atomic mass is 10.0. The summed E-state index contributed by atoms with van der Waals surface area (Å²) in [5.41, 5.74) is 4.25. The highest BCUT2D eigenvalue weighted by molar-refractivity contribution is 7.99. The Balaban J connectivity index is 1.17. The molecule has 0 radical (unpaired) electrons. The predicted octanol–water partition coefficient (Wildman–Crippen LogP) is 7.58. The van der Waals surface area contributed by atoms with E-state index in [1.807, 2.05) is 60.7 Å². The highest BCUT2D eigenvalue weighted by Gasteiger charge is 2.12. The van der Waals surface area contributed by atoms with Gasteiger partial charge in [-0.15, -0.1) is 10.2 Å². The van der Waals surface area contributed by atoms with Crippen molar-refractivity contribution in [2.75, 3.05) is 5.75 Å². The number of fused-ring (bicyclic) bond motifs is 1. The number of amides is 1. The zero-order valence-corrected chi connectivity index (χ0v) is 24.3. The van der Waals surface area contributed by atoms with E-state index >= 15 is 0 Å². The molecule has 4 aromatic carbocycles. The van der Waals surface area contributed by atoms with Crippen LogP contribution in [0.3, 0.4) is 0 Å². The third-order valence-electron chi connectivity index (χ3n) is 5.64. The zero-order chi connectivity index (χ0) is 28.6. The van der Waals surface area contributed by atoms with Crippen molar-refractivity contribution in [3.8, 4) is 11.5 Å². The summed E-state index contributed by atoms with van der Waals surface area (Å²) < 4.78 is 17.2. The number of hydrazone groups is 1. The summed E-state index contributed by atoms with van der Waals surface area (Å²) in [6.07, 6.45) is 1.58. The second-order valence-corrected chi connectivity index (χ2v) is 10.7. The van der Waals surface area contributed by atoms with Gasteiger partial charge >= 0.3 is 0 Å². The molecular weight excluding hydrogens is 607 g/mol. The van der Waals surface area contributed by atoms with E-state index in [2.05, 4.69) is 20.7 Å². The Hall–Kier alpha value is -3.76. The SMILES string of the molecule is O=C(CSc1nnc(COc2ccc(Cl)cc2Cl)o1)N/N=C\c1c(OCc2ccc(Cl)cc2)ccc2ccccc12. The molecule has 0 saturated carbocycles. The van der Waals surface area contributed by atoms with Crippen LogP contribution in [0.25, 0.3) is 10.8 Å². The second-order valence-electron chi connectivity index (χ2n) is 8.52. The molecule has 0 unspecified atom stereocenters. The van der Waals surface area contributed by atoms with Crippen LogP contribution in [0.4, 0.5) is 0 Å². The van der Waals surface area contributed by atoms with Crippen molar-refractivity contribution >= 4 is 69.5 Å². The van der Waals surface area contributed by atoms with Crippen molar-refractivity contribution in [3.05, 3.63) is 111 Å². The van der Waals surface area contributed by atoms with Crippen LogP contribution in [0.2, 0.25) is 15.1 Å². The minimum absolute atomic E-state index is 0.0122. The van der Waals surface area contributed by atoms with E-state index in [1.54, 1.807) is 24.4 Å². The summed E-state index contributed by atoms with van der Waals surface area (Å²) in [7, 11) is 0. The average Bonchev–Trinajstić information content (AvgIpc) is 3.43. The monoisotopic (exact) mass is 626 g/mol. The maximum absolute atomic E-state index is 12.4. The fourth-order valence-corrected chi connectivity index (χ4v) is 4.85. The average molecular weight is 628 g/mol. The molecule has 1 N–H and O–H groups in total. The molecular formula is C29H21Cl3N4O4S. The molecule has 0 aliphatic carbocycles. The summed E-state index contributed by atoms with van der Waals surface area (Å²) in [4.78, 5) is 12.4. The highest BCUT2D eigenvalue weighted by atomic mass is 35.5. The quantitative estimate of drug-likeness (QED) is 0.0915. The first-order valence-electron chi connectivity index (χ1n) is 12.2. The molecule has 0 aliphatic heterocycles. The van der Waals surface area contributed by atoms with Crippen LogP contribution in [0.1, 0.15) is 17.0 Å². The lowest BCUT2D eigenvalue weighted by molar-refractivity contribution is -0.118. The molecule has 8 nitrogen and oxygen atoms in total. The summed E-state index contributed by atoms with van der Waals surface area (Å²) in [5.74, 6) is 0.966. The van der Waals surface area contributed by atoms with Crippen molar-refractivity contribution in [1.82, 2.24) is 15.6 Å². The van der Waals surface area contributed by atoms with Crippen LogP contribution in [0, 0.1) is 0 Å². The van der Waals surface area contributed by atoms with Crippen molar-refractivity contribution < 1.29 is 18.7 Å². The lowest BCUT2D eigenvalue weighted by Gasteiger charge is -2.12. The van der Waals surface area contributed by atoms with E-state index in [-0.39, 0.29) is 29.4 Å². The summed E-state index contributed by atoms with van der Waals surface area (Å²) >= 11 is 19.1. The van der Waals surface area contributed by atoms with Gasteiger partial charge in [-0.3, -0.25) is 4.79 Å². The summed E-state index contributed by atoms with van der Waals surface area (Å²) in [6, 6.07) is 24.1. The van der Waals surface area contributed by atoms with Gasteiger partial charge in [-0.2, -0.15) is 5.10 Å². The van der Waals surface area contributed by atoms with Gasteiger partial charge in [0.15, 0.2) is 6.61 Å². The number of hydrogen-bond donors (Lipinski definition) is 1. The molecule has 0 fully saturated rings. The number of halogens is 3. The molecule has 0 spiro atoms. The molecule has 208 valence electrons. The Kier molecular flexibility index (Phi) is 9.63. The van der Waals surface area contributed by atoms with Crippen molar-refractivity contribution in [3.63, 3.8) is 0 Å². The number of benzene rings is 4. The van der Waals surface area contributed by atoms with Gasteiger partial charge < -0.3 is 13.9 Å². The molecule has 1 aromatic heterocycles. The highest BCUT2D eigenvalue weighted by Crippen LogP contribution is 2.29. The van der Waals surface area contributed by atoms with Gasteiger partial charge in [0.25, 0.3) is 17.0 Å². The van der Waals surface area contributed by atoms with Gasteiger partial charge in [0.05, 0.1) is 17.0 Å². The molecule has 0 saturated heterocycles. The van der Waals surface area contributed by atoms with E-state index in [9.17, 15) is 4.79 Å². The molecule has 5 aromatic rings. The Morgan fingerprint density at radius 2 is 1.66 bits per heavy atom. The molecule has 12 heteroatoms. The molecule has 1 amide bonds. The van der Waals surface area contributed by atoms with Gasteiger partial charge in [-0.25, -0.2) is 5.43 Å². The van der Waals surface area contributed by atoms with Crippen molar-refractivity contribution in [2.45, 2.75) is 18.4 Å². The number of ether oxygens (including phenoxy) is 2. The van der Waals surface area contributed by atoms with E-state index < -0.39 is 0 Å². The molecule has 0 atom stereocenters. The number of nitrogens with one attached hydrogen (secondary N) is 1.